The minimum absolute atomic E-state index is 0.0138. The lowest BCUT2D eigenvalue weighted by Gasteiger charge is -2.28. The molecular formula is C18H29N3O2S. The highest BCUT2D eigenvalue weighted by Gasteiger charge is 2.25. The predicted octanol–water partition coefficient (Wildman–Crippen LogP) is 3.46. The third-order valence-corrected chi connectivity index (χ3v) is 5.71. The van der Waals surface area contributed by atoms with Gasteiger partial charge in [-0.3, -0.25) is 9.59 Å². The van der Waals surface area contributed by atoms with E-state index in [-0.39, 0.29) is 24.4 Å². The molecule has 134 valence electrons. The van der Waals surface area contributed by atoms with Crippen molar-refractivity contribution >= 4 is 23.2 Å². The topological polar surface area (TPSA) is 53.5 Å². The van der Waals surface area contributed by atoms with Crippen LogP contribution in [0, 0.1) is 13.8 Å². The van der Waals surface area contributed by atoms with E-state index >= 15 is 0 Å². The number of amides is 2. The number of hydrogen-bond acceptors (Lipinski definition) is 4. The van der Waals surface area contributed by atoms with Gasteiger partial charge in [0.05, 0.1) is 23.3 Å². The summed E-state index contributed by atoms with van der Waals surface area (Å²) in [5, 5.41) is 1.02. The zero-order chi connectivity index (χ0) is 17.7. The molecule has 2 heterocycles. The van der Waals surface area contributed by atoms with Gasteiger partial charge in [-0.25, -0.2) is 4.98 Å². The fourth-order valence-corrected chi connectivity index (χ4v) is 4.07. The van der Waals surface area contributed by atoms with Crippen LogP contribution in [0.3, 0.4) is 0 Å². The summed E-state index contributed by atoms with van der Waals surface area (Å²) in [5.41, 5.74) is 0.962. The highest BCUT2D eigenvalue weighted by atomic mass is 32.1. The monoisotopic (exact) mass is 351 g/mol. The number of nitrogens with zero attached hydrogens (tertiary/aromatic N) is 3. The third kappa shape index (κ3) is 4.79. The predicted molar refractivity (Wildman–Crippen MR) is 97.1 cm³/mol. The summed E-state index contributed by atoms with van der Waals surface area (Å²) in [7, 11) is 1.81. The summed E-state index contributed by atoms with van der Waals surface area (Å²) < 4.78 is 0. The maximum absolute atomic E-state index is 12.7. The molecule has 0 spiro atoms. The first-order chi connectivity index (χ1) is 11.4. The van der Waals surface area contributed by atoms with Crippen molar-refractivity contribution in [3.05, 3.63) is 15.6 Å². The molecule has 0 aliphatic carbocycles. The van der Waals surface area contributed by atoms with Crippen LogP contribution in [0.5, 0.6) is 0 Å². The van der Waals surface area contributed by atoms with Crippen molar-refractivity contribution < 1.29 is 9.59 Å². The van der Waals surface area contributed by atoms with Crippen molar-refractivity contribution in [2.24, 2.45) is 0 Å². The van der Waals surface area contributed by atoms with Gasteiger partial charge in [-0.15, -0.1) is 11.3 Å². The standard InChI is InChI=1S/C18H29N3O2S/c1-13(18-14(2)24-15(3)19-18)20(4)17(23)12-21-11-9-7-5-6-8-10-16(21)22/h13H,5-12H2,1-4H3. The van der Waals surface area contributed by atoms with Crippen LogP contribution in [0.25, 0.3) is 0 Å². The Morgan fingerprint density at radius 2 is 1.92 bits per heavy atom. The van der Waals surface area contributed by atoms with E-state index in [0.29, 0.717) is 13.0 Å². The molecule has 1 unspecified atom stereocenters. The van der Waals surface area contributed by atoms with Crippen LogP contribution < -0.4 is 0 Å². The van der Waals surface area contributed by atoms with Crippen LogP contribution in [-0.4, -0.2) is 46.7 Å². The molecule has 1 aliphatic heterocycles. The highest BCUT2D eigenvalue weighted by molar-refractivity contribution is 7.11. The fraction of sp³-hybridized carbons (Fsp3) is 0.722. The smallest absolute Gasteiger partial charge is 0.242 e. The lowest BCUT2D eigenvalue weighted by Crippen LogP contribution is -2.42. The Kier molecular flexibility index (Phi) is 6.78. The number of likely N-dealkylation sites (N-methyl/N-ethyl adjacent to an activating group) is 1. The molecule has 0 N–H and O–H groups in total. The Morgan fingerprint density at radius 3 is 2.58 bits per heavy atom. The van der Waals surface area contributed by atoms with Crippen LogP contribution in [0.1, 0.15) is 67.1 Å². The molecule has 1 saturated heterocycles. The molecule has 24 heavy (non-hydrogen) atoms. The molecule has 1 aliphatic rings. The van der Waals surface area contributed by atoms with Gasteiger partial charge in [0.2, 0.25) is 11.8 Å². The number of thiazole rings is 1. The largest absolute Gasteiger partial charge is 0.336 e. The average molecular weight is 352 g/mol. The lowest BCUT2D eigenvalue weighted by atomic mass is 10.1. The van der Waals surface area contributed by atoms with Crippen LogP contribution in [-0.2, 0) is 9.59 Å². The summed E-state index contributed by atoms with van der Waals surface area (Å²) in [6.07, 6.45) is 5.94. The van der Waals surface area contributed by atoms with Gasteiger partial charge in [0.1, 0.15) is 0 Å². The van der Waals surface area contributed by atoms with E-state index in [1.54, 1.807) is 21.1 Å². The van der Waals surface area contributed by atoms with Crippen molar-refractivity contribution in [3.8, 4) is 0 Å². The van der Waals surface area contributed by atoms with Gasteiger partial charge < -0.3 is 9.80 Å². The highest BCUT2D eigenvalue weighted by Crippen LogP contribution is 2.26. The molecule has 2 amide bonds. The summed E-state index contributed by atoms with van der Waals surface area (Å²) >= 11 is 1.66. The zero-order valence-corrected chi connectivity index (χ0v) is 16.1. The second kappa shape index (κ2) is 8.60. The second-order valence-corrected chi connectivity index (χ2v) is 8.10. The van der Waals surface area contributed by atoms with Gasteiger partial charge in [0, 0.05) is 24.9 Å². The quantitative estimate of drug-likeness (QED) is 0.835. The minimum atomic E-state index is -0.0740. The zero-order valence-electron chi connectivity index (χ0n) is 15.3. The summed E-state index contributed by atoms with van der Waals surface area (Å²) in [5.74, 6) is 0.104. The van der Waals surface area contributed by atoms with Crippen LogP contribution in [0.2, 0.25) is 0 Å². The summed E-state index contributed by atoms with van der Waals surface area (Å²) in [4.78, 5) is 34.2. The van der Waals surface area contributed by atoms with Crippen molar-refractivity contribution in [3.63, 3.8) is 0 Å². The van der Waals surface area contributed by atoms with Gasteiger partial charge in [-0.05, 0) is 33.6 Å². The fourth-order valence-electron chi connectivity index (χ4n) is 3.17. The number of aromatic nitrogens is 1. The van der Waals surface area contributed by atoms with Gasteiger partial charge in [0.25, 0.3) is 0 Å². The van der Waals surface area contributed by atoms with E-state index in [0.717, 1.165) is 41.3 Å². The van der Waals surface area contributed by atoms with Crippen LogP contribution >= 0.6 is 11.3 Å². The molecule has 5 nitrogen and oxygen atoms in total. The molecule has 0 aromatic carbocycles. The van der Waals surface area contributed by atoms with E-state index in [1.165, 1.54) is 6.42 Å². The molecule has 0 radical (unpaired) electrons. The molecule has 0 saturated carbocycles. The Hall–Kier alpha value is -1.43. The Morgan fingerprint density at radius 1 is 1.25 bits per heavy atom. The van der Waals surface area contributed by atoms with Crippen LogP contribution in [0.15, 0.2) is 0 Å². The number of aryl methyl sites for hydroxylation is 2. The summed E-state index contributed by atoms with van der Waals surface area (Å²) in [6.45, 7) is 6.90. The minimum Gasteiger partial charge on any atom is -0.336 e. The maximum Gasteiger partial charge on any atom is 0.242 e. The van der Waals surface area contributed by atoms with Crippen molar-refractivity contribution in [2.45, 2.75) is 65.3 Å². The molecule has 0 bridgehead atoms. The Balaban J connectivity index is 2.01. The maximum atomic E-state index is 12.7. The van der Waals surface area contributed by atoms with E-state index in [9.17, 15) is 9.59 Å². The number of rotatable bonds is 4. The molecule has 1 aromatic heterocycles. The number of carbonyl (C=O) groups is 2. The average Bonchev–Trinajstić information content (AvgIpc) is 2.92. The van der Waals surface area contributed by atoms with E-state index in [4.69, 9.17) is 0 Å². The third-order valence-electron chi connectivity index (χ3n) is 4.81. The molecular weight excluding hydrogens is 322 g/mol. The molecule has 1 fully saturated rings. The van der Waals surface area contributed by atoms with Crippen LogP contribution in [0.4, 0.5) is 0 Å². The van der Waals surface area contributed by atoms with Gasteiger partial charge in [0.15, 0.2) is 0 Å². The van der Waals surface area contributed by atoms with E-state index < -0.39 is 0 Å². The number of hydrogen-bond donors (Lipinski definition) is 0. The van der Waals surface area contributed by atoms with Gasteiger partial charge in [-0.1, -0.05) is 19.3 Å². The summed E-state index contributed by atoms with van der Waals surface area (Å²) in [6, 6.07) is -0.0740. The first kappa shape index (κ1) is 18.9. The van der Waals surface area contributed by atoms with Crippen molar-refractivity contribution in [1.29, 1.82) is 0 Å². The normalized spacial score (nSPS) is 17.8. The van der Waals surface area contributed by atoms with E-state index in [1.807, 2.05) is 27.8 Å². The molecule has 1 atom stereocenters. The molecule has 2 rings (SSSR count). The Labute approximate surface area is 149 Å². The lowest BCUT2D eigenvalue weighted by molar-refractivity contribution is -0.141. The van der Waals surface area contributed by atoms with Gasteiger partial charge in [-0.2, -0.15) is 0 Å². The van der Waals surface area contributed by atoms with Gasteiger partial charge >= 0.3 is 0 Å². The molecule has 1 aromatic rings. The SMILES string of the molecule is Cc1nc(C(C)N(C)C(=O)CN2CCCCCCCC2=O)c(C)s1. The first-order valence-corrected chi connectivity index (χ1v) is 9.69. The van der Waals surface area contributed by atoms with Crippen molar-refractivity contribution in [2.75, 3.05) is 20.1 Å². The number of carbonyl (C=O) groups excluding carboxylic acids is 2. The molecule has 6 heteroatoms. The Bertz CT molecular complexity index is 585. The van der Waals surface area contributed by atoms with E-state index in [2.05, 4.69) is 4.98 Å². The first-order valence-electron chi connectivity index (χ1n) is 8.87. The van der Waals surface area contributed by atoms with Crippen molar-refractivity contribution in [1.82, 2.24) is 14.8 Å². The second-order valence-electron chi connectivity index (χ2n) is 6.69.